The molecule has 0 aliphatic heterocycles. The summed E-state index contributed by atoms with van der Waals surface area (Å²) < 4.78 is 1.67. The molecule has 1 N–H and O–H groups in total. The van der Waals surface area contributed by atoms with E-state index in [1.807, 2.05) is 6.07 Å². The first kappa shape index (κ1) is 17.3. The minimum absolute atomic E-state index is 0.211. The van der Waals surface area contributed by atoms with Crippen LogP contribution in [0.2, 0.25) is 0 Å². The van der Waals surface area contributed by atoms with Gasteiger partial charge < -0.3 is 5.11 Å². The molecule has 3 rings (SSSR count). The van der Waals surface area contributed by atoms with E-state index < -0.39 is 0 Å². The van der Waals surface area contributed by atoms with Crippen LogP contribution in [0.5, 0.6) is 5.88 Å². The molecule has 0 aliphatic rings. The van der Waals surface area contributed by atoms with E-state index in [9.17, 15) is 5.11 Å². The monoisotopic (exact) mass is 334 g/mol. The van der Waals surface area contributed by atoms with Crippen molar-refractivity contribution in [2.24, 2.45) is 5.92 Å². The third-order valence-electron chi connectivity index (χ3n) is 4.61. The summed E-state index contributed by atoms with van der Waals surface area (Å²) in [5.41, 5.74) is 7.31. The average molecular weight is 334 g/mol. The van der Waals surface area contributed by atoms with E-state index in [0.29, 0.717) is 5.92 Å². The predicted octanol–water partition coefficient (Wildman–Crippen LogP) is 5.37. The van der Waals surface area contributed by atoms with Gasteiger partial charge in [-0.25, -0.2) is 4.68 Å². The van der Waals surface area contributed by atoms with Gasteiger partial charge in [0.25, 0.3) is 0 Å². The lowest BCUT2D eigenvalue weighted by atomic mass is 9.99. The minimum Gasteiger partial charge on any atom is -0.493 e. The Balaban J connectivity index is 2.17. The van der Waals surface area contributed by atoms with E-state index in [-0.39, 0.29) is 5.88 Å². The van der Waals surface area contributed by atoms with Crippen LogP contribution in [0.4, 0.5) is 0 Å². The van der Waals surface area contributed by atoms with Crippen LogP contribution >= 0.6 is 0 Å². The molecule has 0 radical (unpaired) electrons. The number of hydrogen-bond donors (Lipinski definition) is 1. The van der Waals surface area contributed by atoms with Crippen molar-refractivity contribution in [1.29, 1.82) is 0 Å². The Hall–Kier alpha value is -2.55. The third-order valence-corrected chi connectivity index (χ3v) is 4.61. The van der Waals surface area contributed by atoms with Crippen LogP contribution < -0.4 is 0 Å². The fourth-order valence-electron chi connectivity index (χ4n) is 3.04. The second-order valence-electron chi connectivity index (χ2n) is 7.29. The molecule has 0 aliphatic carbocycles. The van der Waals surface area contributed by atoms with E-state index in [0.717, 1.165) is 28.9 Å². The lowest BCUT2D eigenvalue weighted by molar-refractivity contribution is 0.435. The highest BCUT2D eigenvalue weighted by atomic mass is 16.3. The molecule has 0 saturated heterocycles. The van der Waals surface area contributed by atoms with Crippen molar-refractivity contribution in [3.8, 4) is 22.7 Å². The quantitative estimate of drug-likeness (QED) is 0.696. The topological polar surface area (TPSA) is 38.0 Å². The van der Waals surface area contributed by atoms with Crippen LogP contribution in [-0.4, -0.2) is 14.9 Å². The number of nitrogens with zero attached hydrogens (tertiary/aromatic N) is 2. The van der Waals surface area contributed by atoms with Gasteiger partial charge in [-0.1, -0.05) is 49.7 Å². The molecule has 0 spiro atoms. The van der Waals surface area contributed by atoms with E-state index in [1.54, 1.807) is 4.68 Å². The second-order valence-corrected chi connectivity index (χ2v) is 7.29. The summed E-state index contributed by atoms with van der Waals surface area (Å²) in [7, 11) is 0. The second kappa shape index (κ2) is 6.75. The maximum absolute atomic E-state index is 11.0. The summed E-state index contributed by atoms with van der Waals surface area (Å²) in [6.07, 6.45) is 0.828. The highest BCUT2D eigenvalue weighted by Crippen LogP contribution is 2.36. The minimum atomic E-state index is 0.211. The molecule has 130 valence electrons. The summed E-state index contributed by atoms with van der Waals surface area (Å²) in [4.78, 5) is 0. The summed E-state index contributed by atoms with van der Waals surface area (Å²) in [5.74, 6) is 0.675. The van der Waals surface area contributed by atoms with Crippen LogP contribution in [0.1, 0.15) is 36.2 Å². The molecule has 1 heterocycles. The first-order valence-electron chi connectivity index (χ1n) is 8.82. The van der Waals surface area contributed by atoms with Gasteiger partial charge in [-0.05, 0) is 61.9 Å². The maximum Gasteiger partial charge on any atom is 0.222 e. The number of aromatic nitrogens is 2. The van der Waals surface area contributed by atoms with Crippen molar-refractivity contribution in [1.82, 2.24) is 9.78 Å². The van der Waals surface area contributed by atoms with Crippen LogP contribution in [0.3, 0.4) is 0 Å². The standard InChI is InChI=1S/C22H26N2O/c1-14(2)12-20-21(18-9-6-15(3)7-10-18)22(25)24(23-20)19-11-8-16(4)17(5)13-19/h6-11,13-14,25H,12H2,1-5H3. The van der Waals surface area contributed by atoms with Gasteiger partial charge in [-0.2, -0.15) is 5.10 Å². The first-order valence-corrected chi connectivity index (χ1v) is 8.82. The van der Waals surface area contributed by atoms with Crippen LogP contribution in [-0.2, 0) is 6.42 Å². The SMILES string of the molecule is Cc1ccc(-c2c(CC(C)C)nn(-c3ccc(C)c(C)c3)c2O)cc1. The molecule has 3 nitrogen and oxygen atoms in total. The number of aryl methyl sites for hydroxylation is 3. The zero-order chi connectivity index (χ0) is 18.1. The van der Waals surface area contributed by atoms with Crippen molar-refractivity contribution < 1.29 is 5.11 Å². The van der Waals surface area contributed by atoms with Gasteiger partial charge in [0.1, 0.15) is 0 Å². The fraction of sp³-hybridized carbons (Fsp3) is 0.318. The molecule has 2 aromatic carbocycles. The molecular weight excluding hydrogens is 308 g/mol. The Labute approximate surface area is 150 Å². The number of benzene rings is 2. The predicted molar refractivity (Wildman–Crippen MR) is 103 cm³/mol. The number of aromatic hydroxyl groups is 1. The zero-order valence-electron chi connectivity index (χ0n) is 15.7. The van der Waals surface area contributed by atoms with Crippen molar-refractivity contribution >= 4 is 0 Å². The Morgan fingerprint density at radius 1 is 0.960 bits per heavy atom. The Kier molecular flexibility index (Phi) is 4.67. The van der Waals surface area contributed by atoms with Crippen molar-refractivity contribution in [3.63, 3.8) is 0 Å². The van der Waals surface area contributed by atoms with E-state index >= 15 is 0 Å². The van der Waals surface area contributed by atoms with Crippen molar-refractivity contribution in [2.75, 3.05) is 0 Å². The van der Waals surface area contributed by atoms with E-state index in [2.05, 4.69) is 71.0 Å². The third kappa shape index (κ3) is 3.46. The zero-order valence-corrected chi connectivity index (χ0v) is 15.7. The van der Waals surface area contributed by atoms with Crippen molar-refractivity contribution in [2.45, 2.75) is 41.0 Å². The van der Waals surface area contributed by atoms with Gasteiger partial charge in [0.15, 0.2) is 0 Å². The molecule has 0 amide bonds. The molecular formula is C22H26N2O. The van der Waals surface area contributed by atoms with Crippen LogP contribution in [0.25, 0.3) is 16.8 Å². The molecule has 0 saturated carbocycles. The first-order chi connectivity index (χ1) is 11.9. The van der Waals surface area contributed by atoms with Gasteiger partial charge >= 0.3 is 0 Å². The van der Waals surface area contributed by atoms with Gasteiger partial charge in [-0.15, -0.1) is 0 Å². The largest absolute Gasteiger partial charge is 0.493 e. The normalized spacial score (nSPS) is 11.3. The van der Waals surface area contributed by atoms with Gasteiger partial charge in [0, 0.05) is 0 Å². The average Bonchev–Trinajstić information content (AvgIpc) is 2.87. The lowest BCUT2D eigenvalue weighted by Crippen LogP contribution is -2.00. The molecule has 3 heteroatoms. The molecule has 3 aromatic rings. The molecule has 25 heavy (non-hydrogen) atoms. The molecule has 0 fully saturated rings. The molecule has 0 bridgehead atoms. The summed E-state index contributed by atoms with van der Waals surface area (Å²) in [5, 5.41) is 15.7. The Bertz CT molecular complexity index is 889. The van der Waals surface area contributed by atoms with Crippen molar-refractivity contribution in [3.05, 3.63) is 64.8 Å². The number of hydrogen-bond acceptors (Lipinski definition) is 2. The van der Waals surface area contributed by atoms with Crippen LogP contribution in [0, 0.1) is 26.7 Å². The summed E-state index contributed by atoms with van der Waals surface area (Å²) in [6.45, 7) is 10.6. The maximum atomic E-state index is 11.0. The van der Waals surface area contributed by atoms with Gasteiger partial charge in [-0.3, -0.25) is 0 Å². The highest BCUT2D eigenvalue weighted by Gasteiger charge is 2.20. The van der Waals surface area contributed by atoms with Gasteiger partial charge in [0.05, 0.1) is 16.9 Å². The van der Waals surface area contributed by atoms with Crippen LogP contribution in [0.15, 0.2) is 42.5 Å². The molecule has 1 aromatic heterocycles. The summed E-state index contributed by atoms with van der Waals surface area (Å²) >= 11 is 0. The van der Waals surface area contributed by atoms with E-state index in [1.165, 1.54) is 16.7 Å². The Morgan fingerprint density at radius 2 is 1.64 bits per heavy atom. The molecule has 0 atom stereocenters. The summed E-state index contributed by atoms with van der Waals surface area (Å²) in [6, 6.07) is 14.4. The Morgan fingerprint density at radius 3 is 2.24 bits per heavy atom. The molecule has 0 unspecified atom stereocenters. The van der Waals surface area contributed by atoms with E-state index in [4.69, 9.17) is 5.10 Å². The lowest BCUT2D eigenvalue weighted by Gasteiger charge is -2.07. The smallest absolute Gasteiger partial charge is 0.222 e. The van der Waals surface area contributed by atoms with Gasteiger partial charge in [0.2, 0.25) is 5.88 Å². The number of rotatable bonds is 4. The fourth-order valence-corrected chi connectivity index (χ4v) is 3.04. The highest BCUT2D eigenvalue weighted by molar-refractivity contribution is 5.72.